The third-order valence-electron chi connectivity index (χ3n) is 4.79. The van der Waals surface area contributed by atoms with Gasteiger partial charge >= 0.3 is 7.05 Å². The highest BCUT2D eigenvalue weighted by atomic mass is 16.3. The van der Waals surface area contributed by atoms with E-state index < -0.39 is 7.05 Å². The maximum absolute atomic E-state index is 9.93. The monoisotopic (exact) mass is 324 g/mol. The summed E-state index contributed by atoms with van der Waals surface area (Å²) in [4.78, 5) is 4.41. The molecule has 0 aliphatic carbocycles. The fourth-order valence-corrected chi connectivity index (χ4v) is 3.58. The summed E-state index contributed by atoms with van der Waals surface area (Å²) in [5.74, 6) is 0. The van der Waals surface area contributed by atoms with Crippen molar-refractivity contribution in [2.45, 2.75) is 18.9 Å². The topological polar surface area (TPSA) is 46.9 Å². The molecule has 0 aromatic heterocycles. The summed E-state index contributed by atoms with van der Waals surface area (Å²) in [6.45, 7) is 4.13. The first-order chi connectivity index (χ1) is 11.7. The van der Waals surface area contributed by atoms with Gasteiger partial charge in [-0.05, 0) is 17.9 Å². The Morgan fingerprint density at radius 3 is 1.96 bits per heavy atom. The van der Waals surface area contributed by atoms with Crippen LogP contribution in [0.25, 0.3) is 0 Å². The van der Waals surface area contributed by atoms with E-state index in [1.165, 1.54) is 11.1 Å². The van der Waals surface area contributed by atoms with Crippen LogP contribution in [0.1, 0.15) is 17.2 Å². The summed E-state index contributed by atoms with van der Waals surface area (Å²) in [6.07, 6.45) is 0. The molecule has 5 heteroatoms. The SMILES string of the molecule is CB(O)N(CCO)C1CN(C(c2ccccc2)c2ccccc2)C1. The summed E-state index contributed by atoms with van der Waals surface area (Å²) in [5.41, 5.74) is 2.57. The van der Waals surface area contributed by atoms with E-state index in [9.17, 15) is 10.1 Å². The standard InChI is InChI=1S/C19H25BN2O2/c1-20(24)22(12-13-23)18-14-21(15-18)19(16-8-4-2-5-9-16)17-10-6-3-7-11-17/h2-11,18-19,23-24H,12-15H2,1H3. The Bertz CT molecular complexity index is 578. The zero-order chi connectivity index (χ0) is 16.9. The molecule has 0 atom stereocenters. The third-order valence-corrected chi connectivity index (χ3v) is 4.79. The van der Waals surface area contributed by atoms with Crippen LogP contribution in [0, 0.1) is 0 Å². The van der Waals surface area contributed by atoms with Crippen molar-refractivity contribution in [2.75, 3.05) is 26.2 Å². The quantitative estimate of drug-likeness (QED) is 0.764. The first kappa shape index (κ1) is 17.2. The number of aliphatic hydroxyl groups is 1. The van der Waals surface area contributed by atoms with Gasteiger partial charge in [-0.25, -0.2) is 0 Å². The second-order valence-corrected chi connectivity index (χ2v) is 6.42. The molecule has 0 radical (unpaired) electrons. The molecular formula is C19H25BN2O2. The van der Waals surface area contributed by atoms with Gasteiger partial charge in [0.05, 0.1) is 12.6 Å². The summed E-state index contributed by atoms with van der Waals surface area (Å²) in [6, 6.07) is 21.6. The van der Waals surface area contributed by atoms with Crippen molar-refractivity contribution in [1.82, 2.24) is 9.71 Å². The van der Waals surface area contributed by atoms with Gasteiger partial charge in [0, 0.05) is 25.7 Å². The van der Waals surface area contributed by atoms with Gasteiger partial charge < -0.3 is 14.9 Å². The van der Waals surface area contributed by atoms with Gasteiger partial charge in [-0.2, -0.15) is 0 Å². The van der Waals surface area contributed by atoms with Crippen molar-refractivity contribution >= 4 is 7.05 Å². The lowest BCUT2D eigenvalue weighted by atomic mass is 9.80. The lowest BCUT2D eigenvalue weighted by Gasteiger charge is -2.49. The molecule has 0 unspecified atom stereocenters. The van der Waals surface area contributed by atoms with E-state index >= 15 is 0 Å². The maximum Gasteiger partial charge on any atom is 0.376 e. The molecule has 1 aliphatic rings. The van der Waals surface area contributed by atoms with Gasteiger partial charge in [-0.1, -0.05) is 60.7 Å². The third kappa shape index (κ3) is 3.70. The maximum atomic E-state index is 9.93. The van der Waals surface area contributed by atoms with E-state index in [4.69, 9.17) is 0 Å². The van der Waals surface area contributed by atoms with E-state index in [1.54, 1.807) is 6.82 Å². The van der Waals surface area contributed by atoms with Crippen molar-refractivity contribution in [2.24, 2.45) is 0 Å². The number of aliphatic hydroxyl groups excluding tert-OH is 1. The van der Waals surface area contributed by atoms with Crippen molar-refractivity contribution in [1.29, 1.82) is 0 Å². The molecule has 24 heavy (non-hydrogen) atoms. The molecule has 126 valence electrons. The zero-order valence-electron chi connectivity index (χ0n) is 14.1. The molecule has 0 spiro atoms. The average Bonchev–Trinajstić information content (AvgIpc) is 2.57. The Labute approximate surface area is 144 Å². The molecule has 0 bridgehead atoms. The van der Waals surface area contributed by atoms with Crippen LogP contribution < -0.4 is 0 Å². The van der Waals surface area contributed by atoms with Gasteiger partial charge in [0.2, 0.25) is 0 Å². The molecule has 0 amide bonds. The molecule has 1 saturated heterocycles. The fraction of sp³-hybridized carbons (Fsp3) is 0.368. The van der Waals surface area contributed by atoms with Crippen molar-refractivity contribution in [3.05, 3.63) is 71.8 Å². The predicted octanol–water partition coefficient (Wildman–Crippen LogP) is 1.86. The van der Waals surface area contributed by atoms with Crippen LogP contribution in [-0.4, -0.2) is 59.2 Å². The number of benzene rings is 2. The summed E-state index contributed by atoms with van der Waals surface area (Å²) in [7, 11) is -0.531. The predicted molar refractivity (Wildman–Crippen MR) is 97.7 cm³/mol. The van der Waals surface area contributed by atoms with E-state index in [1.807, 2.05) is 16.9 Å². The highest BCUT2D eigenvalue weighted by molar-refractivity contribution is 6.45. The van der Waals surface area contributed by atoms with Gasteiger partial charge in [-0.15, -0.1) is 0 Å². The van der Waals surface area contributed by atoms with Crippen LogP contribution in [0.5, 0.6) is 0 Å². The summed E-state index contributed by atoms with van der Waals surface area (Å²) < 4.78 is 0. The first-order valence-electron chi connectivity index (χ1n) is 8.59. The Morgan fingerprint density at radius 1 is 1.04 bits per heavy atom. The average molecular weight is 324 g/mol. The first-order valence-corrected chi connectivity index (χ1v) is 8.59. The number of nitrogens with zero attached hydrogens (tertiary/aromatic N) is 2. The highest BCUT2D eigenvalue weighted by Crippen LogP contribution is 2.33. The molecule has 4 nitrogen and oxygen atoms in total. The minimum Gasteiger partial charge on any atom is -0.437 e. The van der Waals surface area contributed by atoms with E-state index in [2.05, 4.69) is 53.4 Å². The molecule has 1 fully saturated rings. The molecule has 2 aromatic carbocycles. The molecule has 1 heterocycles. The van der Waals surface area contributed by atoms with E-state index in [-0.39, 0.29) is 18.7 Å². The highest BCUT2D eigenvalue weighted by Gasteiger charge is 2.38. The number of hydrogen-bond acceptors (Lipinski definition) is 4. The van der Waals surface area contributed by atoms with Crippen LogP contribution in [0.4, 0.5) is 0 Å². The Morgan fingerprint density at radius 2 is 1.54 bits per heavy atom. The fourth-order valence-electron chi connectivity index (χ4n) is 3.58. The second-order valence-electron chi connectivity index (χ2n) is 6.42. The van der Waals surface area contributed by atoms with Gasteiger partial charge in [-0.3, -0.25) is 4.90 Å². The Hall–Kier alpha value is -1.66. The Kier molecular flexibility index (Phi) is 5.69. The van der Waals surface area contributed by atoms with Crippen molar-refractivity contribution < 1.29 is 10.1 Å². The lowest BCUT2D eigenvalue weighted by Crippen LogP contribution is -2.63. The van der Waals surface area contributed by atoms with Crippen molar-refractivity contribution in [3.8, 4) is 0 Å². The summed E-state index contributed by atoms with van der Waals surface area (Å²) >= 11 is 0. The minimum absolute atomic E-state index is 0.0716. The van der Waals surface area contributed by atoms with Crippen LogP contribution >= 0.6 is 0 Å². The van der Waals surface area contributed by atoms with Gasteiger partial charge in [0.15, 0.2) is 0 Å². The van der Waals surface area contributed by atoms with E-state index in [0.29, 0.717) is 6.54 Å². The molecule has 2 N–H and O–H groups in total. The molecule has 3 rings (SSSR count). The summed E-state index contributed by atoms with van der Waals surface area (Å²) in [5, 5.41) is 19.2. The van der Waals surface area contributed by atoms with Gasteiger partial charge in [0.25, 0.3) is 0 Å². The zero-order valence-corrected chi connectivity index (χ0v) is 14.1. The van der Waals surface area contributed by atoms with Gasteiger partial charge in [0.1, 0.15) is 0 Å². The Balaban J connectivity index is 1.77. The largest absolute Gasteiger partial charge is 0.437 e. The second kappa shape index (κ2) is 7.95. The molecule has 1 aliphatic heterocycles. The molecule has 2 aromatic rings. The molecule has 0 saturated carbocycles. The molecular weight excluding hydrogens is 299 g/mol. The normalized spacial score (nSPS) is 15.7. The van der Waals surface area contributed by atoms with Crippen LogP contribution in [0.2, 0.25) is 6.82 Å². The van der Waals surface area contributed by atoms with Crippen LogP contribution in [0.3, 0.4) is 0 Å². The van der Waals surface area contributed by atoms with Crippen LogP contribution in [-0.2, 0) is 0 Å². The number of hydrogen-bond donors (Lipinski definition) is 2. The smallest absolute Gasteiger partial charge is 0.376 e. The lowest BCUT2D eigenvalue weighted by molar-refractivity contribution is 0.0389. The number of likely N-dealkylation sites (tertiary alicyclic amines) is 1. The van der Waals surface area contributed by atoms with Crippen molar-refractivity contribution in [3.63, 3.8) is 0 Å². The number of rotatable bonds is 7. The van der Waals surface area contributed by atoms with E-state index in [0.717, 1.165) is 13.1 Å². The minimum atomic E-state index is -0.531. The van der Waals surface area contributed by atoms with Crippen LogP contribution in [0.15, 0.2) is 60.7 Å².